The van der Waals surface area contributed by atoms with Crippen molar-refractivity contribution in [2.75, 3.05) is 7.11 Å². The number of hydrogen-bond acceptors (Lipinski definition) is 5. The molecule has 3 N–H and O–H groups in total. The number of nitrogens with one attached hydrogen (secondary N) is 1. The summed E-state index contributed by atoms with van der Waals surface area (Å²) in [5.41, 5.74) is 1.68. The maximum absolute atomic E-state index is 12.7. The number of carboxylic acids is 2. The van der Waals surface area contributed by atoms with Crippen LogP contribution in [-0.2, 0) is 11.2 Å². The Bertz CT molecular complexity index is 1190. The highest BCUT2D eigenvalue weighted by Crippen LogP contribution is 2.28. The van der Waals surface area contributed by atoms with Crippen molar-refractivity contribution in [3.05, 3.63) is 81.5 Å². The van der Waals surface area contributed by atoms with E-state index >= 15 is 0 Å². The Morgan fingerprint density at radius 2 is 1.70 bits per heavy atom. The lowest BCUT2D eigenvalue weighted by atomic mass is 10.0. The van der Waals surface area contributed by atoms with E-state index in [2.05, 4.69) is 10.3 Å². The monoisotopic (exact) mass is 488 g/mol. The summed E-state index contributed by atoms with van der Waals surface area (Å²) >= 11 is 12.0. The maximum atomic E-state index is 12.7. The number of hydrogen-bond donors (Lipinski definition) is 3. The summed E-state index contributed by atoms with van der Waals surface area (Å²) in [5.74, 6) is -2.75. The Morgan fingerprint density at radius 3 is 2.24 bits per heavy atom. The number of amides is 1. The fourth-order valence-corrected chi connectivity index (χ4v) is 3.81. The molecular formula is C23H18Cl2N2O6. The second kappa shape index (κ2) is 10.3. The van der Waals surface area contributed by atoms with E-state index in [0.29, 0.717) is 17.0 Å². The van der Waals surface area contributed by atoms with Crippen molar-refractivity contribution in [1.82, 2.24) is 10.3 Å². The van der Waals surface area contributed by atoms with Crippen LogP contribution >= 0.6 is 23.2 Å². The number of aromatic nitrogens is 1. The zero-order valence-corrected chi connectivity index (χ0v) is 18.7. The SMILES string of the molecule is COc1cccnc1-c1ccc(C[C@H](NC(=O)c2c(Cl)cc(C(=O)O)cc2Cl)C(=O)O)cc1. The number of aliphatic carboxylic acids is 1. The van der Waals surface area contributed by atoms with Gasteiger partial charge in [0.15, 0.2) is 0 Å². The molecule has 1 amide bonds. The molecule has 10 heteroatoms. The van der Waals surface area contributed by atoms with Crippen molar-refractivity contribution in [1.29, 1.82) is 0 Å². The average molecular weight is 489 g/mol. The zero-order valence-electron chi connectivity index (χ0n) is 17.2. The topological polar surface area (TPSA) is 126 Å². The van der Waals surface area contributed by atoms with Gasteiger partial charge in [0.2, 0.25) is 0 Å². The molecule has 2 aromatic carbocycles. The molecule has 1 atom stereocenters. The molecule has 3 aromatic rings. The highest BCUT2D eigenvalue weighted by Gasteiger charge is 2.25. The number of carbonyl (C=O) groups excluding carboxylic acids is 1. The molecule has 33 heavy (non-hydrogen) atoms. The van der Waals surface area contributed by atoms with Gasteiger partial charge in [0.1, 0.15) is 17.5 Å². The van der Waals surface area contributed by atoms with Crippen LogP contribution in [0, 0.1) is 0 Å². The highest BCUT2D eigenvalue weighted by molar-refractivity contribution is 6.40. The van der Waals surface area contributed by atoms with Gasteiger partial charge < -0.3 is 20.3 Å². The number of rotatable bonds is 8. The van der Waals surface area contributed by atoms with E-state index in [0.717, 1.165) is 17.7 Å². The molecule has 3 rings (SSSR count). The second-order valence-electron chi connectivity index (χ2n) is 6.94. The molecule has 0 saturated carbocycles. The number of carbonyl (C=O) groups is 3. The minimum Gasteiger partial charge on any atom is -0.494 e. The molecule has 0 spiro atoms. The molecule has 1 heterocycles. The molecule has 0 aliphatic carbocycles. The van der Waals surface area contributed by atoms with Crippen molar-refractivity contribution in [3.8, 4) is 17.0 Å². The molecule has 0 aliphatic heterocycles. The van der Waals surface area contributed by atoms with Gasteiger partial charge in [-0.25, -0.2) is 9.59 Å². The first-order chi connectivity index (χ1) is 15.7. The van der Waals surface area contributed by atoms with Crippen LogP contribution in [-0.4, -0.2) is 46.2 Å². The minimum absolute atomic E-state index is 0.0108. The summed E-state index contributed by atoms with van der Waals surface area (Å²) in [7, 11) is 1.54. The van der Waals surface area contributed by atoms with E-state index in [-0.39, 0.29) is 27.6 Å². The van der Waals surface area contributed by atoms with Crippen molar-refractivity contribution in [3.63, 3.8) is 0 Å². The lowest BCUT2D eigenvalue weighted by Crippen LogP contribution is -2.42. The molecule has 1 aromatic heterocycles. The van der Waals surface area contributed by atoms with Gasteiger partial charge in [0.25, 0.3) is 5.91 Å². The van der Waals surface area contributed by atoms with Gasteiger partial charge >= 0.3 is 11.9 Å². The molecule has 8 nitrogen and oxygen atoms in total. The molecule has 0 fully saturated rings. The van der Waals surface area contributed by atoms with E-state index < -0.39 is 23.9 Å². The third-order valence-corrected chi connectivity index (χ3v) is 5.37. The highest BCUT2D eigenvalue weighted by atomic mass is 35.5. The molecule has 0 bridgehead atoms. The number of methoxy groups -OCH3 is 1. The van der Waals surface area contributed by atoms with Crippen LogP contribution in [0.15, 0.2) is 54.7 Å². The van der Waals surface area contributed by atoms with Crippen molar-refractivity contribution >= 4 is 41.0 Å². The van der Waals surface area contributed by atoms with E-state index in [1.807, 2.05) is 0 Å². The Kier molecular flexibility index (Phi) is 7.52. The van der Waals surface area contributed by atoms with Crippen LogP contribution in [0.4, 0.5) is 0 Å². The van der Waals surface area contributed by atoms with Crippen LogP contribution < -0.4 is 10.1 Å². The van der Waals surface area contributed by atoms with Gasteiger partial charge in [-0.2, -0.15) is 0 Å². The Morgan fingerprint density at radius 1 is 1.06 bits per heavy atom. The van der Waals surface area contributed by atoms with E-state index in [1.165, 1.54) is 0 Å². The summed E-state index contributed by atoms with van der Waals surface area (Å²) in [4.78, 5) is 39.8. The Labute approximate surface area is 198 Å². The molecule has 0 radical (unpaired) electrons. The van der Waals surface area contributed by atoms with Crippen LogP contribution in [0.3, 0.4) is 0 Å². The van der Waals surface area contributed by atoms with Crippen LogP contribution in [0.2, 0.25) is 10.0 Å². The van der Waals surface area contributed by atoms with Crippen LogP contribution in [0.1, 0.15) is 26.3 Å². The van der Waals surface area contributed by atoms with Crippen LogP contribution in [0.25, 0.3) is 11.3 Å². The number of ether oxygens (including phenoxy) is 1. The van der Waals surface area contributed by atoms with E-state index in [9.17, 15) is 19.5 Å². The smallest absolute Gasteiger partial charge is 0.335 e. The average Bonchev–Trinajstić information content (AvgIpc) is 2.78. The third kappa shape index (κ3) is 5.60. The van der Waals surface area contributed by atoms with Crippen molar-refractivity contribution in [2.45, 2.75) is 12.5 Å². The first kappa shape index (κ1) is 24.0. The number of nitrogens with zero attached hydrogens (tertiary/aromatic N) is 1. The number of aromatic carboxylic acids is 1. The number of pyridine rings is 1. The molecule has 0 saturated heterocycles. The Hall–Kier alpha value is -3.62. The molecule has 170 valence electrons. The quantitative estimate of drug-likeness (QED) is 0.433. The summed E-state index contributed by atoms with van der Waals surface area (Å²) in [5, 5.41) is 20.7. The lowest BCUT2D eigenvalue weighted by molar-refractivity contribution is -0.139. The summed E-state index contributed by atoms with van der Waals surface area (Å²) in [6.07, 6.45) is 1.63. The second-order valence-corrected chi connectivity index (χ2v) is 7.75. The summed E-state index contributed by atoms with van der Waals surface area (Å²) < 4.78 is 5.31. The predicted molar refractivity (Wildman–Crippen MR) is 122 cm³/mol. The zero-order chi connectivity index (χ0) is 24.1. The van der Waals surface area contributed by atoms with Gasteiger partial charge in [-0.05, 0) is 29.8 Å². The van der Waals surface area contributed by atoms with Crippen molar-refractivity contribution in [2.24, 2.45) is 0 Å². The molecule has 0 aliphatic rings. The first-order valence-corrected chi connectivity index (χ1v) is 10.3. The fraction of sp³-hybridized carbons (Fsp3) is 0.130. The summed E-state index contributed by atoms with van der Waals surface area (Å²) in [6.45, 7) is 0. The van der Waals surface area contributed by atoms with Crippen molar-refractivity contribution < 1.29 is 29.3 Å². The predicted octanol–water partition coefficient (Wildman–Crippen LogP) is 4.19. The third-order valence-electron chi connectivity index (χ3n) is 4.78. The number of carboxylic acid groups (broad SMARTS) is 2. The number of halogens is 2. The lowest BCUT2D eigenvalue weighted by Gasteiger charge is -2.16. The van der Waals surface area contributed by atoms with Gasteiger partial charge in [0, 0.05) is 18.2 Å². The normalized spacial score (nSPS) is 11.5. The van der Waals surface area contributed by atoms with E-state index in [1.54, 1.807) is 49.7 Å². The van der Waals surface area contributed by atoms with E-state index in [4.69, 9.17) is 33.0 Å². The van der Waals surface area contributed by atoms with Gasteiger partial charge in [-0.3, -0.25) is 9.78 Å². The largest absolute Gasteiger partial charge is 0.494 e. The Balaban J connectivity index is 1.79. The fourth-order valence-electron chi connectivity index (χ4n) is 3.15. The standard InChI is InChI=1S/C23H18Cl2N2O6/c1-33-18-3-2-8-26-20(18)13-6-4-12(5-7-13)9-17(23(31)32)27-21(28)19-15(24)10-14(22(29)30)11-16(19)25/h2-8,10-11,17H,9H2,1H3,(H,27,28)(H,29,30)(H,31,32)/t17-/m0/s1. The number of benzene rings is 2. The minimum atomic E-state index is -1.28. The maximum Gasteiger partial charge on any atom is 0.335 e. The molecular weight excluding hydrogens is 471 g/mol. The van der Waals surface area contributed by atoms with Gasteiger partial charge in [0.05, 0.1) is 28.3 Å². The van der Waals surface area contributed by atoms with Crippen LogP contribution in [0.5, 0.6) is 5.75 Å². The summed E-state index contributed by atoms with van der Waals surface area (Å²) in [6, 6.07) is 11.4. The molecule has 0 unspecified atom stereocenters. The first-order valence-electron chi connectivity index (χ1n) is 9.55. The van der Waals surface area contributed by atoms with Gasteiger partial charge in [-0.1, -0.05) is 47.5 Å². The van der Waals surface area contributed by atoms with Gasteiger partial charge in [-0.15, -0.1) is 0 Å².